The lowest BCUT2D eigenvalue weighted by atomic mass is 9.97. The first-order valence-electron chi connectivity index (χ1n) is 9.93. The molecule has 1 saturated heterocycles. The number of carboxylic acid groups (broad SMARTS) is 1. The van der Waals surface area contributed by atoms with Crippen LogP contribution in [0.4, 0.5) is 14.5 Å². The zero-order chi connectivity index (χ0) is 21.6. The van der Waals surface area contributed by atoms with E-state index >= 15 is 4.39 Å². The van der Waals surface area contributed by atoms with E-state index in [1.807, 2.05) is 6.07 Å². The lowest BCUT2D eigenvalue weighted by molar-refractivity contribution is 0.0694. The molecule has 9 heteroatoms. The fourth-order valence-corrected chi connectivity index (χ4v) is 4.48. The third-order valence-corrected chi connectivity index (χ3v) is 6.31. The number of aromatic nitrogens is 1. The molecule has 7 nitrogen and oxygen atoms in total. The van der Waals surface area contributed by atoms with E-state index in [9.17, 15) is 24.3 Å². The van der Waals surface area contributed by atoms with E-state index in [1.165, 1.54) is 4.57 Å². The Balaban J connectivity index is 1.92. The van der Waals surface area contributed by atoms with Crippen molar-refractivity contribution in [2.24, 2.45) is 11.7 Å². The van der Waals surface area contributed by atoms with E-state index < -0.39 is 29.5 Å². The molecule has 2 fully saturated rings. The number of nitrogens with two attached hydrogens (primary N) is 1. The van der Waals surface area contributed by atoms with Crippen molar-refractivity contribution in [2.45, 2.75) is 37.8 Å². The molecule has 4 rings (SSSR count). The molecule has 1 aliphatic carbocycles. The van der Waals surface area contributed by atoms with E-state index in [4.69, 9.17) is 5.73 Å². The largest absolute Gasteiger partial charge is 0.477 e. The molecule has 158 valence electrons. The zero-order valence-electron chi connectivity index (χ0n) is 16.3. The standard InChI is InChI=1S/C21H22F2N4O3/c22-5-1-6-26-11-15(20(29)30)19(28)13-8-16(23)18(14(9-24)17(13)26)27-7-2-12(10-27)21(25)3-4-21/h8,11-12H,1-7,10,25H2,(H,29,30)/t12-/m1/s1. The van der Waals surface area contributed by atoms with Gasteiger partial charge in [0.2, 0.25) is 5.43 Å². The molecule has 3 N–H and O–H groups in total. The molecule has 0 unspecified atom stereocenters. The van der Waals surface area contributed by atoms with Gasteiger partial charge in [0.1, 0.15) is 23.0 Å². The number of fused-ring (bicyclic) bond motifs is 1. The highest BCUT2D eigenvalue weighted by molar-refractivity contribution is 5.96. The number of alkyl halides is 1. The fourth-order valence-electron chi connectivity index (χ4n) is 4.48. The molecule has 2 aromatic rings. The van der Waals surface area contributed by atoms with Crippen LogP contribution in [0.2, 0.25) is 0 Å². The minimum absolute atomic E-state index is 0.0413. The molecule has 1 aromatic carbocycles. The maximum absolute atomic E-state index is 15.2. The first kappa shape index (κ1) is 20.3. The van der Waals surface area contributed by atoms with Crippen LogP contribution in [0.1, 0.15) is 41.6 Å². The Labute approximate surface area is 171 Å². The van der Waals surface area contributed by atoms with Crippen molar-refractivity contribution in [1.82, 2.24) is 4.57 Å². The molecular formula is C21H22F2N4O3. The third kappa shape index (κ3) is 3.21. The number of hydrogen-bond donors (Lipinski definition) is 2. The van der Waals surface area contributed by atoms with Crippen LogP contribution in [0.15, 0.2) is 17.1 Å². The number of benzene rings is 1. The predicted molar refractivity (Wildman–Crippen MR) is 107 cm³/mol. The summed E-state index contributed by atoms with van der Waals surface area (Å²) in [7, 11) is 0. The van der Waals surface area contributed by atoms with E-state index in [0.29, 0.717) is 13.1 Å². The number of pyridine rings is 1. The van der Waals surface area contributed by atoms with Gasteiger partial charge in [0.05, 0.1) is 23.3 Å². The van der Waals surface area contributed by atoms with Crippen molar-refractivity contribution >= 4 is 22.6 Å². The topological polar surface area (TPSA) is 112 Å². The van der Waals surface area contributed by atoms with Crippen LogP contribution in [-0.4, -0.2) is 40.9 Å². The first-order valence-corrected chi connectivity index (χ1v) is 9.93. The molecule has 30 heavy (non-hydrogen) atoms. The number of aromatic carboxylic acids is 1. The number of anilines is 1. The lowest BCUT2D eigenvalue weighted by Gasteiger charge is -2.24. The van der Waals surface area contributed by atoms with Crippen LogP contribution in [0.25, 0.3) is 10.9 Å². The van der Waals surface area contributed by atoms with Crippen molar-refractivity contribution in [2.75, 3.05) is 24.7 Å². The molecule has 1 atom stereocenters. The van der Waals surface area contributed by atoms with Crippen molar-refractivity contribution in [3.05, 3.63) is 39.4 Å². The van der Waals surface area contributed by atoms with Crippen LogP contribution < -0.4 is 16.1 Å². The Hall–Kier alpha value is -2.99. The van der Waals surface area contributed by atoms with Gasteiger partial charge in [0, 0.05) is 31.4 Å². The Morgan fingerprint density at radius 1 is 1.43 bits per heavy atom. The molecule has 0 radical (unpaired) electrons. The summed E-state index contributed by atoms with van der Waals surface area (Å²) in [5, 5.41) is 19.0. The normalized spacial score (nSPS) is 19.8. The third-order valence-electron chi connectivity index (χ3n) is 6.31. The second-order valence-corrected chi connectivity index (χ2v) is 8.17. The maximum atomic E-state index is 15.2. The van der Waals surface area contributed by atoms with Crippen molar-refractivity contribution < 1.29 is 18.7 Å². The summed E-state index contributed by atoms with van der Waals surface area (Å²) in [6.07, 6.45) is 3.81. The van der Waals surface area contributed by atoms with Crippen molar-refractivity contribution in [3.8, 4) is 6.07 Å². The summed E-state index contributed by atoms with van der Waals surface area (Å²) >= 11 is 0. The summed E-state index contributed by atoms with van der Waals surface area (Å²) in [5.41, 5.74) is 4.86. The van der Waals surface area contributed by atoms with Gasteiger partial charge in [-0.1, -0.05) is 0 Å². The molecule has 1 saturated carbocycles. The molecule has 2 heterocycles. The van der Waals surface area contributed by atoms with Gasteiger partial charge in [-0.15, -0.1) is 0 Å². The number of nitrogens with zero attached hydrogens (tertiary/aromatic N) is 3. The van der Waals surface area contributed by atoms with Crippen LogP contribution in [0, 0.1) is 23.1 Å². The average molecular weight is 416 g/mol. The monoisotopic (exact) mass is 416 g/mol. The number of carboxylic acids is 1. The summed E-state index contributed by atoms with van der Waals surface area (Å²) in [4.78, 5) is 25.9. The summed E-state index contributed by atoms with van der Waals surface area (Å²) in [6.45, 7) is 0.443. The summed E-state index contributed by atoms with van der Waals surface area (Å²) < 4.78 is 29.4. The van der Waals surface area contributed by atoms with Crippen LogP contribution >= 0.6 is 0 Å². The summed E-state index contributed by atoms with van der Waals surface area (Å²) in [6, 6.07) is 3.00. The smallest absolute Gasteiger partial charge is 0.341 e. The Bertz CT molecular complexity index is 1130. The van der Waals surface area contributed by atoms with Gasteiger partial charge in [-0.2, -0.15) is 5.26 Å². The van der Waals surface area contributed by atoms with Crippen LogP contribution in [0.3, 0.4) is 0 Å². The molecule has 0 spiro atoms. The molecular weight excluding hydrogens is 394 g/mol. The quantitative estimate of drug-likeness (QED) is 0.748. The van der Waals surface area contributed by atoms with Crippen LogP contribution in [-0.2, 0) is 6.54 Å². The number of nitriles is 1. The van der Waals surface area contributed by atoms with Gasteiger partial charge in [-0.25, -0.2) is 9.18 Å². The molecule has 1 aliphatic heterocycles. The molecule has 0 bridgehead atoms. The first-order chi connectivity index (χ1) is 14.3. The number of aryl methyl sites for hydroxylation is 1. The zero-order valence-corrected chi connectivity index (χ0v) is 16.3. The second kappa shape index (κ2) is 7.36. The summed E-state index contributed by atoms with van der Waals surface area (Å²) in [5.74, 6) is -2.01. The maximum Gasteiger partial charge on any atom is 0.341 e. The highest BCUT2D eigenvalue weighted by Gasteiger charge is 2.48. The minimum Gasteiger partial charge on any atom is -0.477 e. The van der Waals surface area contributed by atoms with E-state index in [-0.39, 0.29) is 46.6 Å². The Kier molecular flexibility index (Phi) is 4.98. The Morgan fingerprint density at radius 2 is 2.17 bits per heavy atom. The second-order valence-electron chi connectivity index (χ2n) is 8.17. The van der Waals surface area contributed by atoms with E-state index in [0.717, 1.165) is 31.5 Å². The SMILES string of the molecule is N#Cc1c(N2CC[C@@H](C3(N)CC3)C2)c(F)cc2c(=O)c(C(=O)O)cn(CCCF)c12. The van der Waals surface area contributed by atoms with Gasteiger partial charge >= 0.3 is 5.97 Å². The number of halogens is 2. The number of rotatable bonds is 6. The van der Waals surface area contributed by atoms with Gasteiger partial charge in [-0.3, -0.25) is 9.18 Å². The van der Waals surface area contributed by atoms with E-state index in [1.54, 1.807) is 4.90 Å². The van der Waals surface area contributed by atoms with Crippen molar-refractivity contribution in [3.63, 3.8) is 0 Å². The average Bonchev–Trinajstić information content (AvgIpc) is 3.27. The van der Waals surface area contributed by atoms with Gasteiger partial charge in [0.15, 0.2) is 0 Å². The number of carbonyl (C=O) groups is 1. The highest BCUT2D eigenvalue weighted by Crippen LogP contribution is 2.45. The van der Waals surface area contributed by atoms with E-state index in [2.05, 4.69) is 0 Å². The van der Waals surface area contributed by atoms with Crippen molar-refractivity contribution in [1.29, 1.82) is 5.26 Å². The molecule has 1 aromatic heterocycles. The fraction of sp³-hybridized carbons (Fsp3) is 0.476. The highest BCUT2D eigenvalue weighted by atomic mass is 19.1. The minimum atomic E-state index is -1.46. The van der Waals surface area contributed by atoms with Gasteiger partial charge in [-0.05, 0) is 37.7 Å². The predicted octanol–water partition coefficient (Wildman–Crippen LogP) is 2.39. The molecule has 2 aliphatic rings. The molecule has 0 amide bonds. The number of hydrogen-bond acceptors (Lipinski definition) is 5. The Morgan fingerprint density at radius 3 is 2.77 bits per heavy atom. The van der Waals surface area contributed by atoms with Gasteiger partial charge in [0.25, 0.3) is 0 Å². The lowest BCUT2D eigenvalue weighted by Crippen LogP contribution is -2.35. The van der Waals surface area contributed by atoms with Crippen LogP contribution in [0.5, 0.6) is 0 Å². The van der Waals surface area contributed by atoms with Gasteiger partial charge < -0.3 is 20.3 Å².